The molecule has 0 spiro atoms. The van der Waals surface area contributed by atoms with E-state index >= 15 is 0 Å². The number of hydrogen-bond donors (Lipinski definition) is 0. The Balaban J connectivity index is 2.39. The number of carbonyl (C=O) groups is 1. The summed E-state index contributed by atoms with van der Waals surface area (Å²) in [6.45, 7) is 3.80. The maximum absolute atomic E-state index is 11.7. The highest BCUT2D eigenvalue weighted by atomic mass is 16.6. The van der Waals surface area contributed by atoms with Gasteiger partial charge in [0, 0.05) is 13.5 Å². The molecule has 0 N–H and O–H groups in total. The number of benzene rings is 2. The van der Waals surface area contributed by atoms with Gasteiger partial charge in [-0.3, -0.25) is 4.79 Å². The van der Waals surface area contributed by atoms with Crippen LogP contribution in [0.3, 0.4) is 0 Å². The second kappa shape index (κ2) is 9.08. The summed E-state index contributed by atoms with van der Waals surface area (Å²) in [5.74, 6) is 1.13. The van der Waals surface area contributed by atoms with Crippen LogP contribution in [0, 0.1) is 0 Å². The second-order valence-corrected chi connectivity index (χ2v) is 5.45. The molecule has 2 aromatic carbocycles. The Morgan fingerprint density at radius 3 is 1.64 bits per heavy atom. The maximum Gasteiger partial charge on any atom is 0.303 e. The van der Waals surface area contributed by atoms with Gasteiger partial charge in [-0.25, -0.2) is 0 Å². The van der Waals surface area contributed by atoms with E-state index in [-0.39, 0.29) is 5.97 Å². The summed E-state index contributed by atoms with van der Waals surface area (Å²) in [7, 11) is 3.23. The first kappa shape index (κ1) is 18.8. The summed E-state index contributed by atoms with van der Waals surface area (Å²) in [6, 6.07) is 15.0. The average molecular weight is 344 g/mol. The summed E-state index contributed by atoms with van der Waals surface area (Å²) in [4.78, 5) is 11.7. The van der Waals surface area contributed by atoms with E-state index < -0.39 is 12.2 Å². The third-order valence-corrected chi connectivity index (χ3v) is 3.80. The Hall–Kier alpha value is -2.53. The monoisotopic (exact) mass is 344 g/mol. The zero-order chi connectivity index (χ0) is 18.2. The maximum atomic E-state index is 11.7. The molecule has 2 aromatic rings. The Morgan fingerprint density at radius 1 is 0.840 bits per heavy atom. The first-order chi connectivity index (χ1) is 12.1. The third-order valence-electron chi connectivity index (χ3n) is 3.80. The molecular weight excluding hydrogens is 320 g/mol. The lowest BCUT2D eigenvalue weighted by atomic mass is 9.97. The van der Waals surface area contributed by atoms with Gasteiger partial charge in [-0.05, 0) is 42.3 Å². The molecule has 0 fully saturated rings. The fraction of sp³-hybridized carbons (Fsp3) is 0.350. The molecule has 0 aliphatic carbocycles. The van der Waals surface area contributed by atoms with Crippen molar-refractivity contribution in [1.29, 1.82) is 0 Å². The number of rotatable bonds is 8. The summed E-state index contributed by atoms with van der Waals surface area (Å²) >= 11 is 0. The first-order valence-electron chi connectivity index (χ1n) is 8.15. The highest BCUT2D eigenvalue weighted by Gasteiger charge is 2.28. The lowest BCUT2D eigenvalue weighted by molar-refractivity contribution is -0.156. The van der Waals surface area contributed by atoms with Crippen molar-refractivity contribution >= 4 is 5.97 Å². The van der Waals surface area contributed by atoms with Gasteiger partial charge in [0.1, 0.15) is 17.6 Å². The van der Waals surface area contributed by atoms with Crippen LogP contribution in [0.25, 0.3) is 0 Å². The summed E-state index contributed by atoms with van der Waals surface area (Å²) in [5, 5.41) is 0. The van der Waals surface area contributed by atoms with Crippen molar-refractivity contribution in [3.05, 3.63) is 59.7 Å². The van der Waals surface area contributed by atoms with Crippen LogP contribution < -0.4 is 9.47 Å². The summed E-state index contributed by atoms with van der Waals surface area (Å²) < 4.78 is 21.9. The smallest absolute Gasteiger partial charge is 0.303 e. The number of methoxy groups -OCH3 is 2. The van der Waals surface area contributed by atoms with Crippen LogP contribution in [0.1, 0.15) is 37.2 Å². The van der Waals surface area contributed by atoms with E-state index in [0.29, 0.717) is 6.61 Å². The molecule has 0 saturated carbocycles. The van der Waals surface area contributed by atoms with Crippen LogP contribution in [0.4, 0.5) is 0 Å². The average Bonchev–Trinajstić information content (AvgIpc) is 2.64. The van der Waals surface area contributed by atoms with Crippen molar-refractivity contribution < 1.29 is 23.7 Å². The van der Waals surface area contributed by atoms with Gasteiger partial charge in [-0.15, -0.1) is 0 Å². The predicted molar refractivity (Wildman–Crippen MR) is 94.9 cm³/mol. The van der Waals surface area contributed by atoms with Crippen molar-refractivity contribution in [1.82, 2.24) is 0 Å². The Bertz CT molecular complexity index is 663. The molecule has 25 heavy (non-hydrogen) atoms. The predicted octanol–water partition coefficient (Wildman–Crippen LogP) is 4.09. The lowest BCUT2D eigenvalue weighted by Gasteiger charge is -2.27. The van der Waals surface area contributed by atoms with Gasteiger partial charge in [0.15, 0.2) is 6.10 Å². The fourth-order valence-electron chi connectivity index (χ4n) is 2.61. The molecular formula is C20H24O5. The van der Waals surface area contributed by atoms with E-state index in [1.807, 2.05) is 55.5 Å². The number of ether oxygens (including phenoxy) is 4. The molecule has 0 amide bonds. The standard InChI is InChI=1S/C20H24O5/c1-5-24-19(15-6-10-17(22-3)11-7-15)20(25-14(2)21)16-8-12-18(23-4)13-9-16/h6-13,19-20H,5H2,1-4H3. The van der Waals surface area contributed by atoms with E-state index in [0.717, 1.165) is 22.6 Å². The third kappa shape index (κ3) is 4.97. The van der Waals surface area contributed by atoms with Gasteiger partial charge < -0.3 is 18.9 Å². The summed E-state index contributed by atoms with van der Waals surface area (Å²) in [6.07, 6.45) is -0.982. The molecule has 0 bridgehead atoms. The molecule has 0 radical (unpaired) electrons. The molecule has 2 unspecified atom stereocenters. The highest BCUT2D eigenvalue weighted by molar-refractivity contribution is 5.66. The molecule has 5 heteroatoms. The molecule has 5 nitrogen and oxygen atoms in total. The molecule has 0 aliphatic heterocycles. The summed E-state index contributed by atoms with van der Waals surface area (Å²) in [5.41, 5.74) is 1.75. The van der Waals surface area contributed by atoms with E-state index in [4.69, 9.17) is 18.9 Å². The van der Waals surface area contributed by atoms with E-state index in [1.165, 1.54) is 6.92 Å². The minimum absolute atomic E-state index is 0.362. The van der Waals surface area contributed by atoms with Crippen molar-refractivity contribution in [2.24, 2.45) is 0 Å². The normalized spacial score (nSPS) is 13.0. The Kier molecular flexibility index (Phi) is 6.83. The largest absolute Gasteiger partial charge is 0.497 e. The SMILES string of the molecule is CCOC(c1ccc(OC)cc1)C(OC(C)=O)c1ccc(OC)cc1. The van der Waals surface area contributed by atoms with Crippen molar-refractivity contribution in [3.8, 4) is 11.5 Å². The molecule has 2 rings (SSSR count). The van der Waals surface area contributed by atoms with Gasteiger partial charge in [0.05, 0.1) is 14.2 Å². The molecule has 2 atom stereocenters. The van der Waals surface area contributed by atoms with Crippen LogP contribution >= 0.6 is 0 Å². The quantitative estimate of drug-likeness (QED) is 0.675. The lowest BCUT2D eigenvalue weighted by Crippen LogP contribution is -2.20. The van der Waals surface area contributed by atoms with Gasteiger partial charge in [-0.1, -0.05) is 24.3 Å². The first-order valence-corrected chi connectivity index (χ1v) is 8.15. The molecule has 0 aromatic heterocycles. The zero-order valence-corrected chi connectivity index (χ0v) is 15.0. The molecule has 0 saturated heterocycles. The Labute approximate surface area is 148 Å². The van der Waals surface area contributed by atoms with Crippen molar-refractivity contribution in [3.63, 3.8) is 0 Å². The van der Waals surface area contributed by atoms with Gasteiger partial charge in [0.2, 0.25) is 0 Å². The fourth-order valence-corrected chi connectivity index (χ4v) is 2.61. The van der Waals surface area contributed by atoms with Crippen molar-refractivity contribution in [2.45, 2.75) is 26.1 Å². The van der Waals surface area contributed by atoms with Crippen LogP contribution in [-0.4, -0.2) is 26.8 Å². The van der Waals surface area contributed by atoms with Gasteiger partial charge >= 0.3 is 5.97 Å². The highest BCUT2D eigenvalue weighted by Crippen LogP contribution is 2.36. The van der Waals surface area contributed by atoms with Gasteiger partial charge in [-0.2, -0.15) is 0 Å². The second-order valence-electron chi connectivity index (χ2n) is 5.45. The number of carbonyl (C=O) groups excluding carboxylic acids is 1. The van der Waals surface area contributed by atoms with E-state index in [1.54, 1.807) is 14.2 Å². The van der Waals surface area contributed by atoms with Crippen LogP contribution in [-0.2, 0) is 14.3 Å². The van der Waals surface area contributed by atoms with Crippen LogP contribution in [0.2, 0.25) is 0 Å². The van der Waals surface area contributed by atoms with E-state index in [2.05, 4.69) is 0 Å². The minimum Gasteiger partial charge on any atom is -0.497 e. The minimum atomic E-state index is -0.559. The molecule has 0 aliphatic rings. The molecule has 0 heterocycles. The van der Waals surface area contributed by atoms with Gasteiger partial charge in [0.25, 0.3) is 0 Å². The Morgan fingerprint density at radius 2 is 1.28 bits per heavy atom. The van der Waals surface area contributed by atoms with E-state index in [9.17, 15) is 4.79 Å². The van der Waals surface area contributed by atoms with Crippen LogP contribution in [0.15, 0.2) is 48.5 Å². The van der Waals surface area contributed by atoms with Crippen molar-refractivity contribution in [2.75, 3.05) is 20.8 Å². The number of esters is 1. The molecule has 134 valence electrons. The van der Waals surface area contributed by atoms with Crippen LogP contribution in [0.5, 0.6) is 11.5 Å². The topological polar surface area (TPSA) is 54.0 Å². The zero-order valence-electron chi connectivity index (χ0n) is 15.0. The number of hydrogen-bond acceptors (Lipinski definition) is 5.